The average molecular weight is 528 g/mol. The predicted octanol–water partition coefficient (Wildman–Crippen LogP) is 4.81. The van der Waals surface area contributed by atoms with Crippen LogP contribution >= 0.6 is 15.9 Å². The molecule has 1 amide bonds. The minimum atomic E-state index is -1.13. The molecule has 0 spiro atoms. The molecule has 0 aromatic heterocycles. The van der Waals surface area contributed by atoms with Gasteiger partial charge in [0.05, 0.1) is 18.7 Å². The normalized spacial score (nSPS) is 10.4. The van der Waals surface area contributed by atoms with E-state index in [-0.39, 0.29) is 30.4 Å². The molecule has 34 heavy (non-hydrogen) atoms. The fraction of sp³-hybridized carbons (Fsp3) is 0.231. The summed E-state index contributed by atoms with van der Waals surface area (Å²) in [5, 5.41) is 9.45. The van der Waals surface area contributed by atoms with E-state index in [1.165, 1.54) is 6.07 Å². The van der Waals surface area contributed by atoms with Crippen LogP contribution in [0.15, 0.2) is 71.2 Å². The van der Waals surface area contributed by atoms with Crippen molar-refractivity contribution < 1.29 is 28.9 Å². The second-order valence-electron chi connectivity index (χ2n) is 7.41. The molecule has 178 valence electrons. The number of hydrogen-bond donors (Lipinski definition) is 1. The Balaban J connectivity index is 1.82. The fourth-order valence-electron chi connectivity index (χ4n) is 3.53. The molecule has 0 aliphatic carbocycles. The summed E-state index contributed by atoms with van der Waals surface area (Å²) >= 11 is 3.31. The van der Waals surface area contributed by atoms with E-state index >= 15 is 0 Å². The smallest absolute Gasteiger partial charge is 0.339 e. The first-order chi connectivity index (χ1) is 16.4. The van der Waals surface area contributed by atoms with E-state index in [2.05, 4.69) is 15.9 Å². The lowest BCUT2D eigenvalue weighted by molar-refractivity contribution is -0.134. The first-order valence-corrected chi connectivity index (χ1v) is 11.4. The Morgan fingerprint density at radius 1 is 0.912 bits per heavy atom. The van der Waals surface area contributed by atoms with Crippen molar-refractivity contribution in [2.24, 2.45) is 0 Å². The van der Waals surface area contributed by atoms with Gasteiger partial charge in [0.25, 0.3) is 5.91 Å². The number of para-hydroxylation sites is 2. The first kappa shape index (κ1) is 25.1. The van der Waals surface area contributed by atoms with Gasteiger partial charge in [-0.25, -0.2) is 4.79 Å². The molecular weight excluding hydrogens is 502 g/mol. The van der Waals surface area contributed by atoms with Crippen LogP contribution in [0.3, 0.4) is 0 Å². The van der Waals surface area contributed by atoms with E-state index in [1.807, 2.05) is 42.5 Å². The quantitative estimate of drug-likeness (QED) is 0.385. The number of carbonyl (C=O) groups excluding carboxylic acids is 1. The molecule has 3 aromatic rings. The summed E-state index contributed by atoms with van der Waals surface area (Å²) in [5.41, 5.74) is 1.86. The highest BCUT2D eigenvalue weighted by Gasteiger charge is 2.21. The van der Waals surface area contributed by atoms with Gasteiger partial charge in [0, 0.05) is 18.7 Å². The summed E-state index contributed by atoms with van der Waals surface area (Å²) in [6, 6.07) is 20.1. The van der Waals surface area contributed by atoms with Gasteiger partial charge >= 0.3 is 5.97 Å². The van der Waals surface area contributed by atoms with Gasteiger partial charge in [0.1, 0.15) is 11.3 Å². The molecule has 8 heteroatoms. The first-order valence-electron chi connectivity index (χ1n) is 10.6. The van der Waals surface area contributed by atoms with Crippen molar-refractivity contribution in [3.05, 3.63) is 87.9 Å². The van der Waals surface area contributed by atoms with Gasteiger partial charge in [-0.1, -0.05) is 48.5 Å². The zero-order valence-electron chi connectivity index (χ0n) is 19.0. The van der Waals surface area contributed by atoms with Gasteiger partial charge in [0.15, 0.2) is 18.1 Å². The van der Waals surface area contributed by atoms with E-state index in [1.54, 1.807) is 37.3 Å². The molecule has 0 unspecified atom stereocenters. The molecule has 0 aliphatic heterocycles. The summed E-state index contributed by atoms with van der Waals surface area (Å²) in [4.78, 5) is 26.5. The molecule has 0 saturated heterocycles. The van der Waals surface area contributed by atoms with Gasteiger partial charge in [-0.2, -0.15) is 0 Å². The molecule has 0 radical (unpaired) electrons. The van der Waals surface area contributed by atoms with E-state index in [4.69, 9.17) is 14.2 Å². The Labute approximate surface area is 207 Å². The topological polar surface area (TPSA) is 85.3 Å². The molecule has 0 heterocycles. The minimum Gasteiger partial charge on any atom is -0.493 e. The zero-order valence-corrected chi connectivity index (χ0v) is 20.6. The fourth-order valence-corrected chi connectivity index (χ4v) is 4.01. The molecule has 0 bridgehead atoms. The number of carboxylic acid groups (broad SMARTS) is 1. The number of carboxylic acids is 1. The summed E-state index contributed by atoms with van der Waals surface area (Å²) in [5.74, 6) is -0.169. The van der Waals surface area contributed by atoms with Crippen LogP contribution in [0.1, 0.15) is 21.5 Å². The summed E-state index contributed by atoms with van der Waals surface area (Å²) < 4.78 is 17.1. The third-order valence-electron chi connectivity index (χ3n) is 5.25. The standard InChI is InChI=1S/C26H26BrNO6/c1-32-22-13-6-10-19(24(22)33-2)16-28(15-14-18-8-4-3-5-9-18)23(29)17-34-25-20(26(30)31)11-7-12-21(25)27/h3-13H,14-17H2,1-2H3,(H,30,31). The molecule has 7 nitrogen and oxygen atoms in total. The largest absolute Gasteiger partial charge is 0.493 e. The maximum atomic E-state index is 13.3. The summed E-state index contributed by atoms with van der Waals surface area (Å²) in [6.07, 6.45) is 0.647. The molecule has 3 rings (SSSR count). The number of aromatic carboxylic acids is 1. The number of hydrogen-bond acceptors (Lipinski definition) is 5. The second kappa shape index (κ2) is 12.1. The van der Waals surface area contributed by atoms with Crippen LogP contribution in [0.4, 0.5) is 0 Å². The molecule has 3 aromatic carbocycles. The molecular formula is C26H26BrNO6. The third-order valence-corrected chi connectivity index (χ3v) is 5.87. The van der Waals surface area contributed by atoms with Crippen molar-refractivity contribution >= 4 is 27.8 Å². The number of carbonyl (C=O) groups is 2. The van der Waals surface area contributed by atoms with Crippen LogP contribution in [0, 0.1) is 0 Å². The second-order valence-corrected chi connectivity index (χ2v) is 8.27. The number of amides is 1. The number of ether oxygens (including phenoxy) is 3. The molecule has 0 saturated carbocycles. The number of rotatable bonds is 11. The molecule has 0 fully saturated rings. The van der Waals surface area contributed by atoms with Gasteiger partial charge in [-0.05, 0) is 46.1 Å². The van der Waals surface area contributed by atoms with Gasteiger partial charge in [-0.3, -0.25) is 4.79 Å². The zero-order chi connectivity index (χ0) is 24.5. The average Bonchev–Trinajstić information content (AvgIpc) is 2.85. The highest BCUT2D eigenvalue weighted by Crippen LogP contribution is 2.32. The Hall–Kier alpha value is -3.52. The summed E-state index contributed by atoms with van der Waals surface area (Å²) in [7, 11) is 3.12. The van der Waals surface area contributed by atoms with E-state index < -0.39 is 5.97 Å². The van der Waals surface area contributed by atoms with E-state index in [0.717, 1.165) is 11.1 Å². The minimum absolute atomic E-state index is 0.0209. The predicted molar refractivity (Wildman–Crippen MR) is 132 cm³/mol. The van der Waals surface area contributed by atoms with Crippen LogP contribution in [0.5, 0.6) is 17.2 Å². The van der Waals surface area contributed by atoms with Crippen LogP contribution in [0.2, 0.25) is 0 Å². The van der Waals surface area contributed by atoms with Crippen LogP contribution in [0.25, 0.3) is 0 Å². The van der Waals surface area contributed by atoms with Crippen molar-refractivity contribution in [3.8, 4) is 17.2 Å². The Bertz CT molecular complexity index is 1140. The number of benzene rings is 3. The third kappa shape index (κ3) is 6.29. The Morgan fingerprint density at radius 3 is 2.32 bits per heavy atom. The lowest BCUT2D eigenvalue weighted by atomic mass is 10.1. The van der Waals surface area contributed by atoms with Crippen LogP contribution < -0.4 is 14.2 Å². The highest BCUT2D eigenvalue weighted by atomic mass is 79.9. The number of nitrogens with zero attached hydrogens (tertiary/aromatic N) is 1. The Kier molecular flexibility index (Phi) is 8.93. The van der Waals surface area contributed by atoms with Crippen molar-refractivity contribution in [1.29, 1.82) is 0 Å². The molecule has 1 N–H and O–H groups in total. The maximum Gasteiger partial charge on any atom is 0.339 e. The highest BCUT2D eigenvalue weighted by molar-refractivity contribution is 9.10. The summed E-state index contributed by atoms with van der Waals surface area (Å²) in [6.45, 7) is 0.398. The van der Waals surface area contributed by atoms with Gasteiger partial charge < -0.3 is 24.2 Å². The lowest BCUT2D eigenvalue weighted by Crippen LogP contribution is -2.36. The molecule has 0 atom stereocenters. The van der Waals surface area contributed by atoms with Crippen molar-refractivity contribution in [2.75, 3.05) is 27.4 Å². The van der Waals surface area contributed by atoms with Crippen molar-refractivity contribution in [3.63, 3.8) is 0 Å². The van der Waals surface area contributed by atoms with Crippen LogP contribution in [-0.2, 0) is 17.8 Å². The monoisotopic (exact) mass is 527 g/mol. The van der Waals surface area contributed by atoms with E-state index in [0.29, 0.717) is 28.9 Å². The Morgan fingerprint density at radius 2 is 1.65 bits per heavy atom. The van der Waals surface area contributed by atoms with Gasteiger partial charge in [-0.15, -0.1) is 0 Å². The van der Waals surface area contributed by atoms with Crippen molar-refractivity contribution in [1.82, 2.24) is 4.90 Å². The number of halogens is 1. The lowest BCUT2D eigenvalue weighted by Gasteiger charge is -2.25. The van der Waals surface area contributed by atoms with E-state index in [9.17, 15) is 14.7 Å². The van der Waals surface area contributed by atoms with Crippen LogP contribution in [-0.4, -0.2) is 49.3 Å². The van der Waals surface area contributed by atoms with Crippen molar-refractivity contribution in [2.45, 2.75) is 13.0 Å². The SMILES string of the molecule is COc1cccc(CN(CCc2ccccc2)C(=O)COc2c(Br)cccc2C(=O)O)c1OC. The molecule has 0 aliphatic rings. The number of methoxy groups -OCH3 is 2. The maximum absolute atomic E-state index is 13.3. The van der Waals surface area contributed by atoms with Gasteiger partial charge in [0.2, 0.25) is 0 Å².